The summed E-state index contributed by atoms with van der Waals surface area (Å²) in [6.45, 7) is 4.07. The van der Waals surface area contributed by atoms with Gasteiger partial charge < -0.3 is 14.0 Å². The normalized spacial score (nSPS) is 10.9. The highest BCUT2D eigenvalue weighted by Gasteiger charge is 2.17. The Hall–Kier alpha value is -4.68. The average Bonchev–Trinajstić information content (AvgIpc) is 3.34. The van der Waals surface area contributed by atoms with Crippen LogP contribution in [0.4, 0.5) is 0 Å². The van der Waals surface area contributed by atoms with Crippen molar-refractivity contribution >= 4 is 22.5 Å². The third kappa shape index (κ3) is 4.82. The SMILES string of the molecule is COc1cc(Cl)c(COc2cccc3c(-n4cc(C)cn4)cc(C)nc23)c(Cn2cccc(C#N)c2=O)n1. The molecule has 1 aromatic carbocycles. The molecule has 0 aliphatic rings. The molecule has 0 radical (unpaired) electrons. The molecular formula is C28H23ClN6O3. The summed E-state index contributed by atoms with van der Waals surface area (Å²) in [6, 6.07) is 14.3. The second kappa shape index (κ2) is 10.4. The van der Waals surface area contributed by atoms with Gasteiger partial charge in [-0.3, -0.25) is 4.79 Å². The van der Waals surface area contributed by atoms with Crippen molar-refractivity contribution in [1.82, 2.24) is 24.3 Å². The van der Waals surface area contributed by atoms with E-state index in [0.717, 1.165) is 22.3 Å². The zero-order valence-corrected chi connectivity index (χ0v) is 21.7. The van der Waals surface area contributed by atoms with E-state index in [4.69, 9.17) is 26.1 Å². The van der Waals surface area contributed by atoms with Crippen LogP contribution in [-0.2, 0) is 13.2 Å². The van der Waals surface area contributed by atoms with Crippen LogP contribution in [0.1, 0.15) is 28.1 Å². The van der Waals surface area contributed by atoms with Gasteiger partial charge in [0.25, 0.3) is 5.56 Å². The number of nitrogens with zero attached hydrogens (tertiary/aromatic N) is 6. The van der Waals surface area contributed by atoms with E-state index in [1.807, 2.05) is 55.1 Å². The van der Waals surface area contributed by atoms with Crippen molar-refractivity contribution in [2.75, 3.05) is 7.11 Å². The number of nitriles is 1. The highest BCUT2D eigenvalue weighted by Crippen LogP contribution is 2.31. The van der Waals surface area contributed by atoms with Crippen LogP contribution < -0.4 is 15.0 Å². The van der Waals surface area contributed by atoms with Gasteiger partial charge in [-0.1, -0.05) is 23.7 Å². The topological polar surface area (TPSA) is 108 Å². The molecule has 0 amide bonds. The summed E-state index contributed by atoms with van der Waals surface area (Å²) in [7, 11) is 1.49. The van der Waals surface area contributed by atoms with E-state index in [1.54, 1.807) is 24.5 Å². The van der Waals surface area contributed by atoms with E-state index in [9.17, 15) is 10.1 Å². The van der Waals surface area contributed by atoms with E-state index in [2.05, 4.69) is 10.1 Å². The highest BCUT2D eigenvalue weighted by molar-refractivity contribution is 6.31. The first-order valence-electron chi connectivity index (χ1n) is 11.7. The lowest BCUT2D eigenvalue weighted by molar-refractivity contribution is 0.306. The van der Waals surface area contributed by atoms with Crippen LogP contribution in [0.15, 0.2) is 65.8 Å². The summed E-state index contributed by atoms with van der Waals surface area (Å²) in [6.07, 6.45) is 5.36. The van der Waals surface area contributed by atoms with Gasteiger partial charge >= 0.3 is 0 Å². The second-order valence-corrected chi connectivity index (χ2v) is 9.13. The van der Waals surface area contributed by atoms with E-state index < -0.39 is 5.56 Å². The third-order valence-corrected chi connectivity index (χ3v) is 6.38. The Morgan fingerprint density at radius 2 is 1.97 bits per heavy atom. The Bertz CT molecular complexity index is 1770. The number of halogens is 1. The fourth-order valence-electron chi connectivity index (χ4n) is 4.19. The number of pyridine rings is 3. The summed E-state index contributed by atoms with van der Waals surface area (Å²) in [4.78, 5) is 21.9. The van der Waals surface area contributed by atoms with Crippen LogP contribution in [0, 0.1) is 25.2 Å². The van der Waals surface area contributed by atoms with Gasteiger partial charge in [0.1, 0.15) is 29.5 Å². The minimum atomic E-state index is -0.419. The van der Waals surface area contributed by atoms with Crippen molar-refractivity contribution in [3.63, 3.8) is 0 Å². The Balaban J connectivity index is 1.53. The first-order valence-corrected chi connectivity index (χ1v) is 12.1. The quantitative estimate of drug-likeness (QED) is 0.301. The number of ether oxygens (including phenoxy) is 2. The first-order chi connectivity index (χ1) is 18.4. The maximum atomic E-state index is 12.7. The van der Waals surface area contributed by atoms with E-state index >= 15 is 0 Å². The number of hydrogen-bond donors (Lipinski definition) is 0. The molecule has 0 atom stereocenters. The van der Waals surface area contributed by atoms with Crippen LogP contribution in [0.25, 0.3) is 16.6 Å². The molecule has 10 heteroatoms. The van der Waals surface area contributed by atoms with Gasteiger partial charge in [-0.15, -0.1) is 0 Å². The van der Waals surface area contributed by atoms with Crippen LogP contribution in [-0.4, -0.2) is 31.4 Å². The molecule has 0 aliphatic heterocycles. The third-order valence-electron chi connectivity index (χ3n) is 6.04. The lowest BCUT2D eigenvalue weighted by Gasteiger charge is -2.16. The van der Waals surface area contributed by atoms with Gasteiger partial charge in [0.2, 0.25) is 5.88 Å². The van der Waals surface area contributed by atoms with Gasteiger partial charge in [0.15, 0.2) is 0 Å². The molecular weight excluding hydrogens is 504 g/mol. The number of benzene rings is 1. The summed E-state index contributed by atoms with van der Waals surface area (Å²) in [5, 5.41) is 15.0. The summed E-state index contributed by atoms with van der Waals surface area (Å²) in [5.41, 5.74) is 4.16. The number of rotatable bonds is 7. The van der Waals surface area contributed by atoms with Crippen LogP contribution in [0.5, 0.6) is 11.6 Å². The standard InChI is InChI=1S/C28H23ClN6O3/c1-17-13-31-35(14-17)24-10-18(2)32-27-20(24)7-4-8-25(27)38-16-21-22(29)11-26(37-3)33-23(21)15-34-9-5-6-19(12-30)28(34)36/h4-11,13-14H,15-16H2,1-3H3. The molecule has 190 valence electrons. The summed E-state index contributed by atoms with van der Waals surface area (Å²) in [5.74, 6) is 0.873. The Kier molecular flexibility index (Phi) is 6.81. The van der Waals surface area contributed by atoms with Gasteiger partial charge in [-0.05, 0) is 43.7 Å². The van der Waals surface area contributed by atoms with Crippen molar-refractivity contribution in [3.05, 3.63) is 105 Å². The van der Waals surface area contributed by atoms with E-state index in [0.29, 0.717) is 33.4 Å². The number of aryl methyl sites for hydroxylation is 2. The summed E-state index contributed by atoms with van der Waals surface area (Å²) >= 11 is 6.63. The maximum Gasteiger partial charge on any atom is 0.268 e. The lowest BCUT2D eigenvalue weighted by Crippen LogP contribution is -2.23. The molecule has 0 saturated heterocycles. The minimum Gasteiger partial charge on any atom is -0.486 e. The summed E-state index contributed by atoms with van der Waals surface area (Å²) < 4.78 is 14.8. The molecule has 0 N–H and O–H groups in total. The molecule has 0 spiro atoms. The smallest absolute Gasteiger partial charge is 0.268 e. The van der Waals surface area contributed by atoms with Crippen molar-refractivity contribution in [1.29, 1.82) is 5.26 Å². The molecule has 5 aromatic rings. The van der Waals surface area contributed by atoms with Crippen LogP contribution in [0.2, 0.25) is 5.02 Å². The van der Waals surface area contributed by atoms with Crippen molar-refractivity contribution in [3.8, 4) is 23.4 Å². The Morgan fingerprint density at radius 3 is 2.71 bits per heavy atom. The molecule has 5 rings (SSSR count). The van der Waals surface area contributed by atoms with Gasteiger partial charge in [0, 0.05) is 35.1 Å². The molecule has 4 aromatic heterocycles. The fourth-order valence-corrected chi connectivity index (χ4v) is 4.45. The van der Waals surface area contributed by atoms with Crippen molar-refractivity contribution in [2.24, 2.45) is 0 Å². The molecule has 0 aliphatic carbocycles. The fraction of sp³-hybridized carbons (Fsp3) is 0.179. The zero-order valence-electron chi connectivity index (χ0n) is 21.0. The Morgan fingerprint density at radius 1 is 1.13 bits per heavy atom. The predicted molar refractivity (Wildman–Crippen MR) is 143 cm³/mol. The Labute approximate surface area is 223 Å². The van der Waals surface area contributed by atoms with Gasteiger partial charge in [-0.2, -0.15) is 10.4 Å². The lowest BCUT2D eigenvalue weighted by atomic mass is 10.1. The number of fused-ring (bicyclic) bond motifs is 1. The molecule has 0 saturated carbocycles. The molecule has 0 bridgehead atoms. The van der Waals surface area contributed by atoms with Crippen molar-refractivity contribution in [2.45, 2.75) is 27.0 Å². The first kappa shape index (κ1) is 25.0. The largest absolute Gasteiger partial charge is 0.486 e. The number of hydrogen-bond acceptors (Lipinski definition) is 7. The second-order valence-electron chi connectivity index (χ2n) is 8.72. The van der Waals surface area contributed by atoms with Crippen LogP contribution >= 0.6 is 11.6 Å². The molecule has 0 unspecified atom stereocenters. The predicted octanol–water partition coefficient (Wildman–Crippen LogP) is 4.76. The van der Waals surface area contributed by atoms with Crippen molar-refractivity contribution < 1.29 is 9.47 Å². The van der Waals surface area contributed by atoms with E-state index in [-0.39, 0.29) is 18.7 Å². The highest BCUT2D eigenvalue weighted by atomic mass is 35.5. The number of methoxy groups -OCH3 is 1. The maximum absolute atomic E-state index is 12.7. The molecule has 0 fully saturated rings. The zero-order chi connectivity index (χ0) is 26.8. The number of aromatic nitrogens is 5. The van der Waals surface area contributed by atoms with Crippen LogP contribution in [0.3, 0.4) is 0 Å². The van der Waals surface area contributed by atoms with Gasteiger partial charge in [0.05, 0.1) is 36.3 Å². The molecule has 38 heavy (non-hydrogen) atoms. The monoisotopic (exact) mass is 526 g/mol. The van der Waals surface area contributed by atoms with Gasteiger partial charge in [-0.25, -0.2) is 14.6 Å². The average molecular weight is 527 g/mol. The number of para-hydroxylation sites is 1. The molecule has 9 nitrogen and oxygen atoms in total. The minimum absolute atomic E-state index is 0.0414. The van der Waals surface area contributed by atoms with E-state index in [1.165, 1.54) is 17.7 Å². The molecule has 4 heterocycles.